The summed E-state index contributed by atoms with van der Waals surface area (Å²) >= 11 is 0. The van der Waals surface area contributed by atoms with E-state index in [0.29, 0.717) is 5.56 Å². The number of fused-ring (bicyclic) bond motifs is 1. The van der Waals surface area contributed by atoms with Gasteiger partial charge in [-0.3, -0.25) is 4.98 Å². The lowest BCUT2D eigenvalue weighted by Crippen LogP contribution is -2.11. The van der Waals surface area contributed by atoms with E-state index in [9.17, 15) is 4.79 Å². The molecule has 0 saturated carbocycles. The predicted octanol–water partition coefficient (Wildman–Crippen LogP) is 1.66. The van der Waals surface area contributed by atoms with Gasteiger partial charge in [-0.25, -0.2) is 4.79 Å². The quantitative estimate of drug-likeness (QED) is 0.709. The number of hydrogen-bond acceptors (Lipinski definition) is 2. The zero-order valence-electron chi connectivity index (χ0n) is 7.29. The van der Waals surface area contributed by atoms with Crippen molar-refractivity contribution < 1.29 is 9.90 Å². The highest BCUT2D eigenvalue weighted by atomic mass is 16.4. The first-order valence-corrected chi connectivity index (χ1v) is 4.49. The second-order valence-electron chi connectivity index (χ2n) is 3.30. The highest BCUT2D eigenvalue weighted by molar-refractivity contribution is 5.89. The van der Waals surface area contributed by atoms with Gasteiger partial charge in [-0.1, -0.05) is 0 Å². The van der Waals surface area contributed by atoms with E-state index in [1.807, 2.05) is 0 Å². The molecule has 13 heavy (non-hydrogen) atoms. The van der Waals surface area contributed by atoms with Gasteiger partial charge >= 0.3 is 5.97 Å². The Morgan fingerprint density at radius 2 is 2.15 bits per heavy atom. The smallest absolute Gasteiger partial charge is 0.336 e. The Hall–Kier alpha value is -1.38. The average Bonchev–Trinajstić information content (AvgIpc) is 2.17. The number of carboxylic acids is 1. The van der Waals surface area contributed by atoms with Crippen molar-refractivity contribution in [1.29, 1.82) is 0 Å². The summed E-state index contributed by atoms with van der Waals surface area (Å²) in [6, 6.07) is 1.59. The minimum absolute atomic E-state index is 0.435. The standard InChI is InChI=1S/C10H11NO2/c12-10(13)8-5-6-11-9-4-2-1-3-7(8)9/h5-6H,1-4H2,(H,12,13). The monoisotopic (exact) mass is 177 g/mol. The molecule has 0 spiro atoms. The number of aryl methyl sites for hydroxylation is 1. The van der Waals surface area contributed by atoms with Crippen molar-refractivity contribution in [3.63, 3.8) is 0 Å². The molecule has 2 rings (SSSR count). The van der Waals surface area contributed by atoms with Gasteiger partial charge in [0.2, 0.25) is 0 Å². The molecule has 0 aliphatic heterocycles. The molecule has 1 aliphatic carbocycles. The van der Waals surface area contributed by atoms with Crippen molar-refractivity contribution >= 4 is 5.97 Å². The first-order valence-electron chi connectivity index (χ1n) is 4.49. The summed E-state index contributed by atoms with van der Waals surface area (Å²) in [5, 5.41) is 8.91. The molecule has 3 nitrogen and oxygen atoms in total. The maximum Gasteiger partial charge on any atom is 0.336 e. The van der Waals surface area contributed by atoms with Gasteiger partial charge in [-0.2, -0.15) is 0 Å². The number of aromatic carboxylic acids is 1. The van der Waals surface area contributed by atoms with Gasteiger partial charge in [0.25, 0.3) is 0 Å². The van der Waals surface area contributed by atoms with E-state index in [2.05, 4.69) is 4.98 Å². The molecule has 68 valence electrons. The molecule has 0 bridgehead atoms. The number of hydrogen-bond donors (Lipinski definition) is 1. The van der Waals surface area contributed by atoms with Crippen LogP contribution >= 0.6 is 0 Å². The summed E-state index contributed by atoms with van der Waals surface area (Å²) in [4.78, 5) is 15.0. The van der Waals surface area contributed by atoms with Crippen LogP contribution in [0.3, 0.4) is 0 Å². The molecule has 0 unspecified atom stereocenters. The second-order valence-corrected chi connectivity index (χ2v) is 3.30. The number of carbonyl (C=O) groups is 1. The first kappa shape index (κ1) is 8.23. The number of nitrogens with zero attached hydrogens (tertiary/aromatic N) is 1. The van der Waals surface area contributed by atoms with E-state index >= 15 is 0 Å². The number of aromatic nitrogens is 1. The van der Waals surface area contributed by atoms with Crippen molar-refractivity contribution in [2.24, 2.45) is 0 Å². The number of rotatable bonds is 1. The van der Waals surface area contributed by atoms with Gasteiger partial charge in [0.15, 0.2) is 0 Å². The van der Waals surface area contributed by atoms with E-state index in [0.717, 1.165) is 36.9 Å². The largest absolute Gasteiger partial charge is 0.478 e. The Bertz CT molecular complexity index is 347. The molecule has 1 heterocycles. The first-order chi connectivity index (χ1) is 6.29. The van der Waals surface area contributed by atoms with Gasteiger partial charge in [-0.05, 0) is 37.3 Å². The van der Waals surface area contributed by atoms with Crippen LogP contribution in [0, 0.1) is 0 Å². The highest BCUT2D eigenvalue weighted by Gasteiger charge is 2.17. The summed E-state index contributed by atoms with van der Waals surface area (Å²) in [5.41, 5.74) is 2.36. The fraction of sp³-hybridized carbons (Fsp3) is 0.400. The maximum absolute atomic E-state index is 10.8. The highest BCUT2D eigenvalue weighted by Crippen LogP contribution is 2.22. The molecule has 0 aromatic carbocycles. The summed E-state index contributed by atoms with van der Waals surface area (Å²) < 4.78 is 0. The topological polar surface area (TPSA) is 50.2 Å². The normalized spacial score (nSPS) is 15.1. The third kappa shape index (κ3) is 1.41. The molecule has 0 fully saturated rings. The Morgan fingerprint density at radius 1 is 1.38 bits per heavy atom. The van der Waals surface area contributed by atoms with Gasteiger partial charge in [-0.15, -0.1) is 0 Å². The molecule has 0 atom stereocenters. The molecule has 1 aliphatic rings. The second kappa shape index (κ2) is 3.17. The van der Waals surface area contributed by atoms with Crippen LogP contribution in [-0.4, -0.2) is 16.1 Å². The van der Waals surface area contributed by atoms with Crippen LogP contribution < -0.4 is 0 Å². The van der Waals surface area contributed by atoms with Gasteiger partial charge < -0.3 is 5.11 Å². The van der Waals surface area contributed by atoms with Gasteiger partial charge in [0.1, 0.15) is 0 Å². The van der Waals surface area contributed by atoms with Crippen molar-refractivity contribution in [3.8, 4) is 0 Å². The Morgan fingerprint density at radius 3 is 2.92 bits per heavy atom. The molecule has 0 saturated heterocycles. The van der Waals surface area contributed by atoms with Gasteiger partial charge in [0.05, 0.1) is 5.56 Å². The lowest BCUT2D eigenvalue weighted by atomic mass is 9.92. The minimum atomic E-state index is -0.833. The molecule has 1 aromatic rings. The van der Waals surface area contributed by atoms with Crippen LogP contribution in [-0.2, 0) is 12.8 Å². The van der Waals surface area contributed by atoms with E-state index < -0.39 is 5.97 Å². The molecular formula is C10H11NO2. The summed E-state index contributed by atoms with van der Waals surface area (Å²) in [7, 11) is 0. The van der Waals surface area contributed by atoms with Crippen LogP contribution in [0.25, 0.3) is 0 Å². The Balaban J connectivity index is 2.52. The fourth-order valence-electron chi connectivity index (χ4n) is 1.82. The molecule has 3 heteroatoms. The maximum atomic E-state index is 10.8. The van der Waals surface area contributed by atoms with E-state index in [-0.39, 0.29) is 0 Å². The van der Waals surface area contributed by atoms with Crippen molar-refractivity contribution in [1.82, 2.24) is 4.98 Å². The van der Waals surface area contributed by atoms with Crippen LogP contribution in [0.1, 0.15) is 34.5 Å². The third-order valence-electron chi connectivity index (χ3n) is 2.47. The van der Waals surface area contributed by atoms with Crippen LogP contribution in [0.4, 0.5) is 0 Å². The SMILES string of the molecule is O=C(O)c1ccnc2c1CCCC2. The van der Waals surface area contributed by atoms with E-state index in [1.165, 1.54) is 0 Å². The molecule has 1 N–H and O–H groups in total. The van der Waals surface area contributed by atoms with E-state index in [4.69, 9.17) is 5.11 Å². The molecule has 0 amide bonds. The van der Waals surface area contributed by atoms with Crippen molar-refractivity contribution in [2.45, 2.75) is 25.7 Å². The Kier molecular flexibility index (Phi) is 2.00. The minimum Gasteiger partial charge on any atom is -0.478 e. The van der Waals surface area contributed by atoms with Crippen molar-refractivity contribution in [3.05, 3.63) is 29.1 Å². The van der Waals surface area contributed by atoms with Crippen LogP contribution in [0.5, 0.6) is 0 Å². The zero-order valence-corrected chi connectivity index (χ0v) is 7.29. The predicted molar refractivity (Wildman–Crippen MR) is 47.8 cm³/mol. The van der Waals surface area contributed by atoms with Crippen molar-refractivity contribution in [2.75, 3.05) is 0 Å². The summed E-state index contributed by atoms with van der Waals surface area (Å²) in [5.74, 6) is -0.833. The van der Waals surface area contributed by atoms with Crippen LogP contribution in [0.2, 0.25) is 0 Å². The average molecular weight is 177 g/mol. The molecular weight excluding hydrogens is 166 g/mol. The zero-order chi connectivity index (χ0) is 9.26. The summed E-state index contributed by atoms with van der Waals surface area (Å²) in [6.45, 7) is 0. The number of carboxylic acid groups (broad SMARTS) is 1. The molecule has 0 radical (unpaired) electrons. The Labute approximate surface area is 76.4 Å². The number of pyridine rings is 1. The summed E-state index contributed by atoms with van der Waals surface area (Å²) in [6.07, 6.45) is 5.59. The van der Waals surface area contributed by atoms with Gasteiger partial charge in [0, 0.05) is 11.9 Å². The fourth-order valence-corrected chi connectivity index (χ4v) is 1.82. The van der Waals surface area contributed by atoms with Crippen LogP contribution in [0.15, 0.2) is 12.3 Å². The lowest BCUT2D eigenvalue weighted by Gasteiger charge is -2.15. The third-order valence-corrected chi connectivity index (χ3v) is 2.47. The lowest BCUT2D eigenvalue weighted by molar-refractivity contribution is 0.0695. The van der Waals surface area contributed by atoms with E-state index in [1.54, 1.807) is 12.3 Å². The molecule has 1 aromatic heterocycles.